The van der Waals surface area contributed by atoms with Gasteiger partial charge in [0.1, 0.15) is 11.5 Å². The van der Waals surface area contributed by atoms with Gasteiger partial charge in [-0.2, -0.15) is 24.9 Å². The Morgan fingerprint density at radius 1 is 0.358 bits per heavy atom. The fourth-order valence-corrected chi connectivity index (χ4v) is 18.2. The summed E-state index contributed by atoms with van der Waals surface area (Å²) < 4.78 is 31.7. The Kier molecular flexibility index (Phi) is 24.8. The van der Waals surface area contributed by atoms with Gasteiger partial charge in [0.15, 0.2) is 55.8 Å². The summed E-state index contributed by atoms with van der Waals surface area (Å²) in [6, 6.07) is 37.3. The highest BCUT2D eigenvalue weighted by atomic mass is 16.3. The monoisotopic (exact) mass is 1850 g/mol. The first-order valence-electron chi connectivity index (χ1n) is 44.7. The van der Waals surface area contributed by atoms with Crippen molar-refractivity contribution in [1.29, 1.82) is 0 Å². The molecule has 0 unspecified atom stereocenters. The largest absolute Gasteiger partial charge is 0.506 e. The molecule has 0 aliphatic heterocycles. The highest BCUT2D eigenvalue weighted by molar-refractivity contribution is 5.82. The van der Waals surface area contributed by atoms with Crippen molar-refractivity contribution >= 4 is 84.7 Å². The normalized spacial score (nSPS) is 11.7. The van der Waals surface area contributed by atoms with Gasteiger partial charge in [0.25, 0.3) is 27.8 Å². The summed E-state index contributed by atoms with van der Waals surface area (Å²) in [4.78, 5) is 152. The number of hydrogen-bond acceptors (Lipinski definition) is 18. The number of phenolic OH excluding ortho intramolecular Hbond substituents is 2. The molecule has 20 rings (SSSR count). The molecule has 38 nitrogen and oxygen atoms in total. The van der Waals surface area contributed by atoms with E-state index in [0.717, 1.165) is 84.9 Å². The third-order valence-electron chi connectivity index (χ3n) is 25.7. The number of rotatable bonds is 17. The standard InChI is InChI=1S/C20H23N5O3.C20H21N5O3.2C20H21N5O2.C19H21N5O3/c1-5-10-23-18(27)16-17(22(4)20(23)28)21-19-24(12(2)13(3)25(16)19)15-9-7-6-8-14(15)11-26;1-5-6-11-23-18(27)16-17(22(4)20(23)28)21-19-24(12(2)13(3)25(16)19)14-9-7-8-10-15(14)26;1-6-11-23-18(26)16-17(22(5)20(23)27)21-19-24(13(3)14(4)25(16)19)15-10-8-7-9-12(15)2;1-5-9-23-14(3)11-24-16-17(21-19(23)24)22(4)20(27)25(18(16)26)12-15-8-6-7-13(2)10-15;1-5-10-22-17(26)15-16(21(4)19(22)27)20-18-23(11(2)12(3)24(15)18)13-8-6-7-9-14(13)25/h6-9,26H,5,10-11H2,1-4H3;5-10,26H,11H2,1-4H3;6-10H,1,11H2,2-5H3;5-8,10-11H,1,9,12H2,2-4H3;6-9,25H,5,10H2,1-4H3/b;6-5+;;;. The SMILES string of the molecule is C/C=C/Cn1c(=O)c2c(nc3n(-c4ccccc4O)c(C)c(C)n23)n(C)c1=O.C=CCn1c(=O)c2c(nc3n(-c4ccccc4C)c(C)c(C)n23)n(C)c1=O.C=CCn1c(C)cn2c3c(=O)n(Cc4cccc(C)c4)c(=O)n(C)c3nc12.CCCn1c(=O)c2c(nc3n(-c4ccccc4CO)c(C)c(C)n23)n(C)c1=O.CCCn1c(=O)c2c(nc3n(-c4ccccc4O)c(C)c(C)n23)n(C)c1=O. The molecule has 0 spiro atoms. The number of imidazole rings is 10. The van der Waals surface area contributed by atoms with Gasteiger partial charge in [0.2, 0.25) is 28.9 Å². The second kappa shape index (κ2) is 36.4. The van der Waals surface area contributed by atoms with Gasteiger partial charge in [-0.05, 0) is 143 Å². The second-order valence-corrected chi connectivity index (χ2v) is 34.1. The van der Waals surface area contributed by atoms with E-state index in [2.05, 4.69) is 38.1 Å². The predicted molar refractivity (Wildman–Crippen MR) is 529 cm³/mol. The molecule has 38 heteroatoms. The first kappa shape index (κ1) is 93.6. The maximum atomic E-state index is 13.2. The molecule has 0 bridgehead atoms. The lowest BCUT2D eigenvalue weighted by Crippen LogP contribution is -2.39. The van der Waals surface area contributed by atoms with Crippen molar-refractivity contribution in [2.75, 3.05) is 0 Å². The summed E-state index contributed by atoms with van der Waals surface area (Å²) in [5, 5.41) is 30.4. The van der Waals surface area contributed by atoms with Crippen LogP contribution in [0.2, 0.25) is 0 Å². The van der Waals surface area contributed by atoms with Crippen LogP contribution in [-0.4, -0.2) is 131 Å². The number of benzene rings is 5. The molecule has 5 aromatic carbocycles. The van der Waals surface area contributed by atoms with Crippen molar-refractivity contribution in [3.05, 3.63) is 343 Å². The van der Waals surface area contributed by atoms with Crippen molar-refractivity contribution in [3.63, 3.8) is 0 Å². The van der Waals surface area contributed by atoms with Gasteiger partial charge >= 0.3 is 28.4 Å². The average molecular weight is 1860 g/mol. The van der Waals surface area contributed by atoms with E-state index in [1.807, 2.05) is 211 Å². The Morgan fingerprint density at radius 3 is 1.09 bits per heavy atom. The zero-order valence-corrected chi connectivity index (χ0v) is 79.8. The van der Waals surface area contributed by atoms with Crippen molar-refractivity contribution in [3.8, 4) is 34.2 Å². The van der Waals surface area contributed by atoms with Crippen LogP contribution in [0.3, 0.4) is 0 Å². The van der Waals surface area contributed by atoms with Crippen LogP contribution in [0.4, 0.5) is 0 Å². The highest BCUT2D eigenvalue weighted by Gasteiger charge is 2.31. The molecule has 0 radical (unpaired) electrons. The number of allylic oxidation sites excluding steroid dienone is 4. The van der Waals surface area contributed by atoms with Crippen LogP contribution in [0, 0.1) is 76.2 Å². The Balaban J connectivity index is 0.000000124. The lowest BCUT2D eigenvalue weighted by atomic mass is 10.1. The summed E-state index contributed by atoms with van der Waals surface area (Å²) in [5.74, 6) is 2.98. The van der Waals surface area contributed by atoms with E-state index in [1.165, 1.54) is 45.7 Å². The van der Waals surface area contributed by atoms with Crippen LogP contribution in [0.5, 0.6) is 11.5 Å². The number of hydrogen-bond donors (Lipinski definition) is 3. The Hall–Kier alpha value is -16.7. The number of aromatic nitrogens is 25. The van der Waals surface area contributed by atoms with Crippen LogP contribution < -0.4 is 56.2 Å². The predicted octanol–water partition coefficient (Wildman–Crippen LogP) is 9.82. The van der Waals surface area contributed by atoms with Crippen LogP contribution in [0.15, 0.2) is 213 Å². The molecule has 15 aromatic heterocycles. The molecule has 15 heterocycles. The van der Waals surface area contributed by atoms with E-state index in [-0.39, 0.29) is 82.6 Å². The van der Waals surface area contributed by atoms with E-state index >= 15 is 0 Å². The first-order valence-corrected chi connectivity index (χ1v) is 44.7. The molecular weight excluding hydrogens is 1750 g/mol. The van der Waals surface area contributed by atoms with Crippen LogP contribution in [0.25, 0.3) is 107 Å². The molecular formula is C99H107N25O13. The number of aryl methyl sites for hydroxylation is 12. The maximum Gasteiger partial charge on any atom is 0.332 e. The summed E-state index contributed by atoms with van der Waals surface area (Å²) in [7, 11) is 8.14. The van der Waals surface area contributed by atoms with Gasteiger partial charge in [-0.3, -0.25) is 110 Å². The molecule has 0 aliphatic carbocycles. The topological polar surface area (TPSA) is 392 Å². The fourth-order valence-electron chi connectivity index (χ4n) is 18.2. The quantitative estimate of drug-likeness (QED) is 0.0713. The lowest BCUT2D eigenvalue weighted by Gasteiger charge is -2.10. The molecule has 0 saturated carbocycles. The minimum Gasteiger partial charge on any atom is -0.506 e. The third-order valence-corrected chi connectivity index (χ3v) is 25.7. The van der Waals surface area contributed by atoms with Gasteiger partial charge < -0.3 is 19.9 Å². The van der Waals surface area contributed by atoms with Gasteiger partial charge in [-0.15, -0.1) is 13.2 Å². The summed E-state index contributed by atoms with van der Waals surface area (Å²) >= 11 is 0. The molecule has 0 amide bonds. The number of nitrogens with zero attached hydrogens (tertiary/aromatic N) is 25. The number of aliphatic hydroxyl groups is 1. The molecule has 706 valence electrons. The Morgan fingerprint density at radius 2 is 0.693 bits per heavy atom. The minimum absolute atomic E-state index is 0.106. The fraction of sp³-hybridized carbons (Fsp3) is 0.283. The van der Waals surface area contributed by atoms with E-state index < -0.39 is 11.4 Å². The first-order chi connectivity index (χ1) is 65.5. The summed E-state index contributed by atoms with van der Waals surface area (Å²) in [5.41, 5.74) is 14.8. The number of para-hydroxylation sites is 6. The molecule has 0 atom stereocenters. The van der Waals surface area contributed by atoms with Gasteiger partial charge in [-0.25, -0.2) is 24.0 Å². The number of aromatic hydroxyl groups is 2. The van der Waals surface area contributed by atoms with Crippen molar-refractivity contribution in [2.24, 2.45) is 35.2 Å². The average Bonchev–Trinajstić information content (AvgIpc) is 1.58. The van der Waals surface area contributed by atoms with Crippen LogP contribution >= 0.6 is 0 Å². The summed E-state index contributed by atoms with van der Waals surface area (Å²) in [6.45, 7) is 36.3. The van der Waals surface area contributed by atoms with Crippen molar-refractivity contribution < 1.29 is 15.3 Å². The van der Waals surface area contributed by atoms with Crippen LogP contribution in [-0.2, 0) is 81.1 Å². The summed E-state index contributed by atoms with van der Waals surface area (Å²) in [6.07, 6.45) is 10.1. The van der Waals surface area contributed by atoms with Gasteiger partial charge in [0, 0.05) is 131 Å². The number of aliphatic hydroxyl groups excluding tert-OH is 1. The van der Waals surface area contributed by atoms with Gasteiger partial charge in [0.05, 0.1) is 35.9 Å². The molecule has 20 aromatic rings. The van der Waals surface area contributed by atoms with E-state index in [0.29, 0.717) is 129 Å². The zero-order chi connectivity index (χ0) is 98.5. The van der Waals surface area contributed by atoms with E-state index in [4.69, 9.17) is 0 Å². The molecule has 137 heavy (non-hydrogen) atoms. The van der Waals surface area contributed by atoms with Crippen molar-refractivity contribution in [2.45, 2.75) is 156 Å². The lowest BCUT2D eigenvalue weighted by molar-refractivity contribution is 0.281. The molecule has 3 N–H and O–H groups in total. The Labute approximate surface area is 779 Å². The molecule has 0 saturated heterocycles. The number of fused-ring (bicyclic) bond motifs is 15. The smallest absolute Gasteiger partial charge is 0.332 e. The van der Waals surface area contributed by atoms with E-state index in [1.54, 1.807) is 118 Å². The zero-order valence-electron chi connectivity index (χ0n) is 79.8. The highest BCUT2D eigenvalue weighted by Crippen LogP contribution is 2.34. The van der Waals surface area contributed by atoms with Crippen molar-refractivity contribution in [1.82, 2.24) is 115 Å². The minimum atomic E-state index is -0.417. The van der Waals surface area contributed by atoms with Crippen LogP contribution in [0.1, 0.15) is 107 Å². The van der Waals surface area contributed by atoms with Gasteiger partial charge in [-0.1, -0.05) is 129 Å². The molecule has 0 aliphatic rings. The number of phenols is 2. The third kappa shape index (κ3) is 15.0. The molecule has 0 fully saturated rings. The maximum absolute atomic E-state index is 13.2. The second-order valence-electron chi connectivity index (χ2n) is 34.1. The Bertz CT molecular complexity index is 9130. The van der Waals surface area contributed by atoms with E-state index in [9.17, 15) is 63.3 Å².